The fraction of sp³-hybridized carbons (Fsp3) is 0.261. The molecule has 1 aliphatic rings. The molecule has 6 heteroatoms. The lowest BCUT2D eigenvalue weighted by Gasteiger charge is -2.25. The highest BCUT2D eigenvalue weighted by Crippen LogP contribution is 2.29. The van der Waals surface area contributed by atoms with Crippen molar-refractivity contribution in [3.05, 3.63) is 66.6 Å². The van der Waals surface area contributed by atoms with Crippen molar-refractivity contribution in [3.8, 4) is 0 Å². The van der Waals surface area contributed by atoms with E-state index in [0.717, 1.165) is 29.9 Å². The van der Waals surface area contributed by atoms with Crippen LogP contribution in [0.1, 0.15) is 32.8 Å². The van der Waals surface area contributed by atoms with Gasteiger partial charge in [-0.15, -0.1) is 0 Å². The third-order valence-electron chi connectivity index (χ3n) is 5.00. The van der Waals surface area contributed by atoms with E-state index in [1.807, 2.05) is 53.2 Å². The average Bonchev–Trinajstić information content (AvgIpc) is 3.16. The summed E-state index contributed by atoms with van der Waals surface area (Å²) >= 11 is 0. The normalized spacial score (nSPS) is 14.3. The summed E-state index contributed by atoms with van der Waals surface area (Å²) in [7, 11) is 0. The molecule has 0 fully saturated rings. The van der Waals surface area contributed by atoms with Gasteiger partial charge in [-0.25, -0.2) is 9.78 Å². The number of carbonyl (C=O) groups is 1. The highest BCUT2D eigenvalue weighted by molar-refractivity contribution is 6.00. The zero-order valence-electron chi connectivity index (χ0n) is 16.9. The minimum absolute atomic E-state index is 0.0822. The van der Waals surface area contributed by atoms with Gasteiger partial charge in [0.15, 0.2) is 0 Å². The Morgan fingerprint density at radius 1 is 1.03 bits per heavy atom. The zero-order chi connectivity index (χ0) is 20.4. The minimum atomic E-state index is -0.281. The maximum atomic E-state index is 12.3. The molecule has 4 rings (SSSR count). The summed E-state index contributed by atoms with van der Waals surface area (Å²) in [4.78, 5) is 21.2. The second kappa shape index (κ2) is 7.54. The molecule has 6 nitrogen and oxygen atoms in total. The van der Waals surface area contributed by atoms with Crippen molar-refractivity contribution < 1.29 is 4.79 Å². The number of rotatable bonds is 3. The van der Waals surface area contributed by atoms with E-state index in [2.05, 4.69) is 47.5 Å². The van der Waals surface area contributed by atoms with Crippen LogP contribution in [0.4, 0.5) is 16.2 Å². The van der Waals surface area contributed by atoms with Crippen LogP contribution in [0.25, 0.3) is 11.2 Å². The lowest BCUT2D eigenvalue weighted by molar-refractivity contribution is 0.262. The van der Waals surface area contributed by atoms with E-state index in [1.54, 1.807) is 6.20 Å². The van der Waals surface area contributed by atoms with Gasteiger partial charge in [-0.1, -0.05) is 39.0 Å². The van der Waals surface area contributed by atoms with E-state index in [4.69, 9.17) is 0 Å². The number of anilines is 2. The number of benzene rings is 1. The monoisotopic (exact) mass is 387 g/mol. The van der Waals surface area contributed by atoms with Gasteiger partial charge < -0.3 is 15.0 Å². The van der Waals surface area contributed by atoms with Gasteiger partial charge in [0.1, 0.15) is 5.65 Å². The van der Waals surface area contributed by atoms with Gasteiger partial charge in [0, 0.05) is 41.8 Å². The Morgan fingerprint density at radius 2 is 1.76 bits per heavy atom. The number of dihydropyridines is 1. The van der Waals surface area contributed by atoms with Crippen molar-refractivity contribution in [1.29, 1.82) is 0 Å². The fourth-order valence-corrected chi connectivity index (χ4v) is 3.35. The van der Waals surface area contributed by atoms with Crippen molar-refractivity contribution in [2.75, 3.05) is 17.2 Å². The molecule has 0 aliphatic carbocycles. The Bertz CT molecular complexity index is 1100. The lowest BCUT2D eigenvalue weighted by atomic mass is 9.83. The first-order chi connectivity index (χ1) is 13.9. The Kier molecular flexibility index (Phi) is 4.92. The van der Waals surface area contributed by atoms with E-state index in [0.29, 0.717) is 5.69 Å². The summed E-state index contributed by atoms with van der Waals surface area (Å²) in [6.45, 7) is 7.33. The number of urea groups is 1. The summed E-state index contributed by atoms with van der Waals surface area (Å²) in [5.74, 6) is 0. The predicted molar refractivity (Wildman–Crippen MR) is 119 cm³/mol. The summed E-state index contributed by atoms with van der Waals surface area (Å²) in [6.07, 6.45) is 8.44. The number of allylic oxidation sites excluding steroid dienone is 1. The first-order valence-electron chi connectivity index (χ1n) is 9.72. The zero-order valence-corrected chi connectivity index (χ0v) is 16.9. The molecule has 2 aromatic heterocycles. The molecule has 29 heavy (non-hydrogen) atoms. The number of hydrogen-bond acceptors (Lipinski definition) is 3. The molecular formula is C23H25N5O. The van der Waals surface area contributed by atoms with Crippen molar-refractivity contribution in [2.24, 2.45) is 10.4 Å². The molecule has 1 aliphatic heterocycles. The molecule has 0 spiro atoms. The first-order valence-corrected chi connectivity index (χ1v) is 9.72. The first kappa shape index (κ1) is 18.9. The van der Waals surface area contributed by atoms with E-state index in [-0.39, 0.29) is 11.4 Å². The largest absolute Gasteiger partial charge is 0.323 e. The van der Waals surface area contributed by atoms with Gasteiger partial charge in [-0.2, -0.15) is 0 Å². The average molecular weight is 387 g/mol. The molecule has 0 saturated heterocycles. The van der Waals surface area contributed by atoms with Crippen molar-refractivity contribution in [3.63, 3.8) is 0 Å². The smallest absolute Gasteiger partial charge is 0.308 e. The van der Waals surface area contributed by atoms with Gasteiger partial charge in [-0.05, 0) is 35.4 Å². The molecule has 0 atom stereocenters. The number of nitrogens with one attached hydrogen (secondary N) is 2. The lowest BCUT2D eigenvalue weighted by Crippen LogP contribution is -2.23. The van der Waals surface area contributed by atoms with Crippen molar-refractivity contribution >= 4 is 34.3 Å². The molecule has 0 unspecified atom stereocenters. The van der Waals surface area contributed by atoms with Gasteiger partial charge in [-0.3, -0.25) is 4.99 Å². The molecule has 3 heterocycles. The molecule has 0 radical (unpaired) electrons. The van der Waals surface area contributed by atoms with Crippen LogP contribution < -0.4 is 10.6 Å². The Morgan fingerprint density at radius 3 is 2.52 bits per heavy atom. The number of imidazole rings is 1. The number of hydrogen-bond donors (Lipinski definition) is 2. The Hall–Kier alpha value is -3.41. The molecule has 0 saturated carbocycles. The van der Waals surface area contributed by atoms with Gasteiger partial charge in [0.2, 0.25) is 0 Å². The number of fused-ring (bicyclic) bond motifs is 1. The second-order valence-corrected chi connectivity index (χ2v) is 8.21. The van der Waals surface area contributed by atoms with E-state index in [1.165, 1.54) is 11.3 Å². The van der Waals surface area contributed by atoms with Crippen LogP contribution in [-0.4, -0.2) is 27.7 Å². The topological polar surface area (TPSA) is 70.8 Å². The van der Waals surface area contributed by atoms with Crippen LogP contribution in [0.3, 0.4) is 0 Å². The van der Waals surface area contributed by atoms with Crippen LogP contribution in [0.5, 0.6) is 0 Å². The van der Waals surface area contributed by atoms with Crippen LogP contribution in [0.15, 0.2) is 66.1 Å². The summed E-state index contributed by atoms with van der Waals surface area (Å²) < 4.78 is 1.86. The number of amides is 2. The third-order valence-corrected chi connectivity index (χ3v) is 5.00. The Labute approximate surface area is 170 Å². The van der Waals surface area contributed by atoms with Gasteiger partial charge in [0.25, 0.3) is 0 Å². The van der Waals surface area contributed by atoms with Crippen LogP contribution in [-0.2, 0) is 0 Å². The molecular weight excluding hydrogens is 362 g/mol. The molecule has 2 N–H and O–H groups in total. The highest BCUT2D eigenvalue weighted by atomic mass is 16.2. The number of aliphatic imine (C=N–C) groups is 1. The molecule has 148 valence electrons. The quantitative estimate of drug-likeness (QED) is 0.644. The maximum Gasteiger partial charge on any atom is 0.323 e. The van der Waals surface area contributed by atoms with Crippen molar-refractivity contribution in [2.45, 2.75) is 27.2 Å². The van der Waals surface area contributed by atoms with Crippen LogP contribution in [0.2, 0.25) is 0 Å². The van der Waals surface area contributed by atoms with Gasteiger partial charge in [0.05, 0.1) is 12.2 Å². The summed E-state index contributed by atoms with van der Waals surface area (Å²) in [6, 6.07) is 11.4. The standard InChI is InChI=1S/C23H25N5O/c1-23(2,3)20-14-17(10-11-24-20)16-4-6-18(7-5-16)26-22(29)27-19-8-9-21-25-12-13-28(21)15-19/h4-10,12-13,15H,11,14H2,1-3H3,(H2,26,27,29). The number of carbonyl (C=O) groups excluding carboxylic acids is 1. The van der Waals surface area contributed by atoms with E-state index < -0.39 is 0 Å². The number of nitrogens with zero attached hydrogens (tertiary/aromatic N) is 3. The Balaban J connectivity index is 1.39. The number of pyridine rings is 1. The van der Waals surface area contributed by atoms with E-state index in [9.17, 15) is 4.79 Å². The molecule has 2 amide bonds. The van der Waals surface area contributed by atoms with Gasteiger partial charge >= 0.3 is 6.03 Å². The minimum Gasteiger partial charge on any atom is -0.308 e. The third kappa shape index (κ3) is 4.37. The maximum absolute atomic E-state index is 12.3. The second-order valence-electron chi connectivity index (χ2n) is 8.21. The highest BCUT2D eigenvalue weighted by Gasteiger charge is 2.22. The predicted octanol–water partition coefficient (Wildman–Crippen LogP) is 5.25. The summed E-state index contributed by atoms with van der Waals surface area (Å²) in [5.41, 5.74) is 6.04. The molecule has 1 aromatic carbocycles. The fourth-order valence-electron chi connectivity index (χ4n) is 3.35. The summed E-state index contributed by atoms with van der Waals surface area (Å²) in [5, 5.41) is 5.72. The number of aromatic nitrogens is 2. The van der Waals surface area contributed by atoms with Crippen LogP contribution in [0, 0.1) is 5.41 Å². The molecule has 3 aromatic rings. The van der Waals surface area contributed by atoms with E-state index >= 15 is 0 Å². The SMILES string of the molecule is CC(C)(C)C1=NCC=C(c2ccc(NC(=O)Nc3ccc4nccn4c3)cc2)C1. The van der Waals surface area contributed by atoms with Crippen molar-refractivity contribution in [1.82, 2.24) is 9.38 Å². The van der Waals surface area contributed by atoms with Crippen LogP contribution >= 0.6 is 0 Å². The molecule has 0 bridgehead atoms.